The van der Waals surface area contributed by atoms with Crippen molar-refractivity contribution in [3.8, 4) is 0 Å². The quantitative estimate of drug-likeness (QED) is 0.847. The molecular formula is C12H17ClF2N2. The molecule has 0 aliphatic rings. The van der Waals surface area contributed by atoms with Crippen LogP contribution in [0.25, 0.3) is 0 Å². The van der Waals surface area contributed by atoms with Gasteiger partial charge in [0.2, 0.25) is 0 Å². The summed E-state index contributed by atoms with van der Waals surface area (Å²) < 4.78 is 24.5. The smallest absolute Gasteiger partial charge is 0.255 e. The van der Waals surface area contributed by atoms with Gasteiger partial charge in [0.05, 0.1) is 17.3 Å². The molecule has 0 aliphatic carbocycles. The Morgan fingerprint density at radius 2 is 2.12 bits per heavy atom. The van der Waals surface area contributed by atoms with Crippen molar-refractivity contribution >= 4 is 17.3 Å². The average molecular weight is 263 g/mol. The van der Waals surface area contributed by atoms with Gasteiger partial charge in [-0.15, -0.1) is 0 Å². The lowest BCUT2D eigenvalue weighted by Crippen LogP contribution is -2.24. The summed E-state index contributed by atoms with van der Waals surface area (Å²) in [5.41, 5.74) is 1.68. The Hall–Kier alpha value is -0.870. The van der Waals surface area contributed by atoms with Gasteiger partial charge in [0, 0.05) is 13.6 Å². The van der Waals surface area contributed by atoms with Crippen LogP contribution in [-0.4, -0.2) is 26.6 Å². The van der Waals surface area contributed by atoms with Crippen molar-refractivity contribution in [2.45, 2.75) is 19.9 Å². The van der Waals surface area contributed by atoms with E-state index in [2.05, 4.69) is 5.32 Å². The first-order chi connectivity index (χ1) is 8.04. The molecule has 1 N–H and O–H groups in total. The Morgan fingerprint density at radius 1 is 1.41 bits per heavy atom. The maximum Gasteiger partial charge on any atom is 0.255 e. The van der Waals surface area contributed by atoms with Gasteiger partial charge >= 0.3 is 0 Å². The summed E-state index contributed by atoms with van der Waals surface area (Å²) in [6.07, 6.45) is -2.36. The van der Waals surface area contributed by atoms with Crippen molar-refractivity contribution in [1.29, 1.82) is 0 Å². The summed E-state index contributed by atoms with van der Waals surface area (Å²) in [6, 6.07) is 5.48. The maximum atomic E-state index is 12.3. The van der Waals surface area contributed by atoms with E-state index in [4.69, 9.17) is 11.6 Å². The molecule has 96 valence electrons. The third kappa shape index (κ3) is 4.48. The zero-order valence-electron chi connectivity index (χ0n) is 10.0. The van der Waals surface area contributed by atoms with Gasteiger partial charge in [0.15, 0.2) is 0 Å². The standard InChI is InChI=1S/C12H17ClF2N2/c1-3-16-7-9-4-5-11(10(13)6-9)17(2)8-12(14)15/h4-6,12,16H,3,7-8H2,1-2H3. The summed E-state index contributed by atoms with van der Waals surface area (Å²) in [5.74, 6) is 0. The minimum atomic E-state index is -2.36. The maximum absolute atomic E-state index is 12.3. The van der Waals surface area contributed by atoms with Gasteiger partial charge in [-0.25, -0.2) is 8.78 Å². The van der Waals surface area contributed by atoms with E-state index < -0.39 is 6.43 Å². The lowest BCUT2D eigenvalue weighted by molar-refractivity contribution is 0.156. The molecule has 0 aromatic heterocycles. The van der Waals surface area contributed by atoms with Crippen LogP contribution >= 0.6 is 11.6 Å². The Balaban J connectivity index is 2.74. The van der Waals surface area contributed by atoms with Gasteiger partial charge in [-0.1, -0.05) is 24.6 Å². The monoisotopic (exact) mass is 262 g/mol. The SMILES string of the molecule is CCNCc1ccc(N(C)CC(F)F)c(Cl)c1. The summed E-state index contributed by atoms with van der Waals surface area (Å²) >= 11 is 6.07. The second kappa shape index (κ2) is 6.77. The van der Waals surface area contributed by atoms with Gasteiger partial charge in [0.1, 0.15) is 0 Å². The first-order valence-corrected chi connectivity index (χ1v) is 5.90. The summed E-state index contributed by atoms with van der Waals surface area (Å²) in [5, 5.41) is 3.68. The van der Waals surface area contributed by atoms with Gasteiger partial charge in [0.25, 0.3) is 6.43 Å². The fourth-order valence-corrected chi connectivity index (χ4v) is 1.89. The zero-order chi connectivity index (χ0) is 12.8. The van der Waals surface area contributed by atoms with Crippen LogP contribution in [0, 0.1) is 0 Å². The molecule has 0 bridgehead atoms. The van der Waals surface area contributed by atoms with E-state index in [1.54, 1.807) is 13.1 Å². The lowest BCUT2D eigenvalue weighted by atomic mass is 10.2. The first kappa shape index (κ1) is 14.2. The third-order valence-electron chi connectivity index (χ3n) is 2.41. The van der Waals surface area contributed by atoms with Crippen molar-refractivity contribution < 1.29 is 8.78 Å². The third-order valence-corrected chi connectivity index (χ3v) is 2.72. The second-order valence-electron chi connectivity index (χ2n) is 3.84. The van der Waals surface area contributed by atoms with E-state index in [9.17, 15) is 8.78 Å². The summed E-state index contributed by atoms with van der Waals surface area (Å²) in [7, 11) is 1.61. The van der Waals surface area contributed by atoms with Crippen molar-refractivity contribution in [2.75, 3.05) is 25.0 Å². The molecular weight excluding hydrogens is 246 g/mol. The number of nitrogens with one attached hydrogen (secondary N) is 1. The summed E-state index contributed by atoms with van der Waals surface area (Å²) in [4.78, 5) is 1.46. The van der Waals surface area contributed by atoms with Gasteiger partial charge in [-0.05, 0) is 24.2 Å². The highest BCUT2D eigenvalue weighted by atomic mass is 35.5. The molecule has 0 unspecified atom stereocenters. The fourth-order valence-electron chi connectivity index (χ4n) is 1.54. The minimum absolute atomic E-state index is 0.313. The second-order valence-corrected chi connectivity index (χ2v) is 4.24. The molecule has 5 heteroatoms. The van der Waals surface area contributed by atoms with Crippen molar-refractivity contribution in [3.05, 3.63) is 28.8 Å². The molecule has 0 aliphatic heterocycles. The van der Waals surface area contributed by atoms with Crippen LogP contribution in [0.1, 0.15) is 12.5 Å². The Bertz CT molecular complexity index is 358. The number of halogens is 3. The number of rotatable bonds is 6. The van der Waals surface area contributed by atoms with Crippen LogP contribution < -0.4 is 10.2 Å². The number of nitrogens with zero attached hydrogens (tertiary/aromatic N) is 1. The first-order valence-electron chi connectivity index (χ1n) is 5.53. The van der Waals surface area contributed by atoms with E-state index in [-0.39, 0.29) is 6.54 Å². The van der Waals surface area contributed by atoms with E-state index in [1.807, 2.05) is 19.1 Å². The molecule has 1 aromatic rings. The van der Waals surface area contributed by atoms with Gasteiger partial charge < -0.3 is 10.2 Å². The molecule has 0 saturated carbocycles. The Morgan fingerprint density at radius 3 is 2.65 bits per heavy atom. The number of hydrogen-bond acceptors (Lipinski definition) is 2. The van der Waals surface area contributed by atoms with Crippen LogP contribution in [0.15, 0.2) is 18.2 Å². The zero-order valence-corrected chi connectivity index (χ0v) is 10.8. The van der Waals surface area contributed by atoms with Gasteiger partial charge in [-0.3, -0.25) is 0 Å². The van der Waals surface area contributed by atoms with Crippen molar-refractivity contribution in [2.24, 2.45) is 0 Å². The number of alkyl halides is 2. The molecule has 0 spiro atoms. The molecule has 0 saturated heterocycles. The number of benzene rings is 1. The summed E-state index contributed by atoms with van der Waals surface area (Å²) in [6.45, 7) is 3.32. The lowest BCUT2D eigenvalue weighted by Gasteiger charge is -2.20. The highest BCUT2D eigenvalue weighted by Crippen LogP contribution is 2.26. The topological polar surface area (TPSA) is 15.3 Å². The van der Waals surface area contributed by atoms with Crippen LogP contribution in [0.5, 0.6) is 0 Å². The number of hydrogen-bond donors (Lipinski definition) is 1. The normalized spacial score (nSPS) is 10.9. The van der Waals surface area contributed by atoms with Crippen molar-refractivity contribution in [1.82, 2.24) is 5.32 Å². The van der Waals surface area contributed by atoms with E-state index in [1.165, 1.54) is 4.90 Å². The molecule has 0 radical (unpaired) electrons. The van der Waals surface area contributed by atoms with Crippen LogP contribution in [0.4, 0.5) is 14.5 Å². The fraction of sp³-hybridized carbons (Fsp3) is 0.500. The highest BCUT2D eigenvalue weighted by molar-refractivity contribution is 6.33. The van der Waals surface area contributed by atoms with Crippen LogP contribution in [-0.2, 0) is 6.54 Å². The number of anilines is 1. The molecule has 1 rings (SSSR count). The van der Waals surface area contributed by atoms with E-state index >= 15 is 0 Å². The van der Waals surface area contributed by atoms with Gasteiger partial charge in [-0.2, -0.15) is 0 Å². The van der Waals surface area contributed by atoms with Crippen LogP contribution in [0.2, 0.25) is 5.02 Å². The van der Waals surface area contributed by atoms with Crippen molar-refractivity contribution in [3.63, 3.8) is 0 Å². The average Bonchev–Trinajstić information content (AvgIpc) is 2.25. The molecule has 1 aromatic carbocycles. The minimum Gasteiger partial charge on any atom is -0.368 e. The predicted octanol–water partition coefficient (Wildman–Crippen LogP) is 3.15. The molecule has 0 amide bonds. The Kier molecular flexibility index (Phi) is 5.65. The largest absolute Gasteiger partial charge is 0.368 e. The molecule has 2 nitrogen and oxygen atoms in total. The van der Waals surface area contributed by atoms with E-state index in [0.29, 0.717) is 10.7 Å². The molecule has 0 heterocycles. The Labute approximate surface area is 106 Å². The molecule has 0 fully saturated rings. The van der Waals surface area contributed by atoms with E-state index in [0.717, 1.165) is 18.7 Å². The molecule has 17 heavy (non-hydrogen) atoms. The van der Waals surface area contributed by atoms with Crippen LogP contribution in [0.3, 0.4) is 0 Å². The highest BCUT2D eigenvalue weighted by Gasteiger charge is 2.11. The predicted molar refractivity (Wildman–Crippen MR) is 68.1 cm³/mol. The molecule has 0 atom stereocenters.